The largest absolute Gasteiger partial charge is 0.478 e. The first-order chi connectivity index (χ1) is 14.0. The Morgan fingerprint density at radius 2 is 2.00 bits per heavy atom. The Labute approximate surface area is 165 Å². The van der Waals surface area contributed by atoms with Gasteiger partial charge in [-0.15, -0.1) is 5.10 Å². The number of carboxylic acids is 1. The fourth-order valence-corrected chi connectivity index (χ4v) is 2.81. The number of furan rings is 1. The van der Waals surface area contributed by atoms with E-state index in [1.165, 1.54) is 35.0 Å². The highest BCUT2D eigenvalue weighted by molar-refractivity contribution is 6.03. The van der Waals surface area contributed by atoms with Gasteiger partial charge in [0.05, 0.1) is 24.6 Å². The number of aromatic carboxylic acids is 1. The zero-order chi connectivity index (χ0) is 20.4. The van der Waals surface area contributed by atoms with Crippen molar-refractivity contribution in [2.75, 3.05) is 10.6 Å². The van der Waals surface area contributed by atoms with Gasteiger partial charge in [0.1, 0.15) is 11.6 Å². The number of anilines is 2. The summed E-state index contributed by atoms with van der Waals surface area (Å²) in [6.45, 7) is 2.36. The highest BCUT2D eigenvalue weighted by atomic mass is 16.4. The minimum Gasteiger partial charge on any atom is -0.478 e. The highest BCUT2D eigenvalue weighted by Crippen LogP contribution is 2.17. The topological polar surface area (TPSA) is 122 Å². The number of hydrogen-bond acceptors (Lipinski definition) is 6. The Morgan fingerprint density at radius 3 is 2.69 bits per heavy atom. The van der Waals surface area contributed by atoms with Gasteiger partial charge in [-0.3, -0.25) is 4.79 Å². The van der Waals surface area contributed by atoms with Crippen molar-refractivity contribution in [2.24, 2.45) is 0 Å². The maximum atomic E-state index is 12.7. The number of carboxylic acid groups (broad SMARTS) is 1. The molecule has 0 saturated carbocycles. The van der Waals surface area contributed by atoms with Crippen LogP contribution in [0.2, 0.25) is 0 Å². The molecule has 9 nitrogen and oxygen atoms in total. The third-order valence-corrected chi connectivity index (χ3v) is 4.32. The average molecular weight is 391 g/mol. The van der Waals surface area contributed by atoms with Gasteiger partial charge in [0.25, 0.3) is 5.91 Å². The van der Waals surface area contributed by atoms with Crippen molar-refractivity contribution in [1.82, 2.24) is 14.6 Å². The SMILES string of the molecule is Cc1cc2ncc(C(=O)Nc3ccc(C(=O)O)cc3)n2nc1NCc1ccco1. The van der Waals surface area contributed by atoms with E-state index in [-0.39, 0.29) is 11.3 Å². The first-order valence-electron chi connectivity index (χ1n) is 8.77. The van der Waals surface area contributed by atoms with E-state index in [0.717, 1.165) is 11.3 Å². The van der Waals surface area contributed by atoms with Crippen LogP contribution in [0.4, 0.5) is 11.5 Å². The maximum Gasteiger partial charge on any atom is 0.335 e. The normalized spacial score (nSPS) is 10.8. The minimum atomic E-state index is -1.03. The van der Waals surface area contributed by atoms with E-state index in [1.54, 1.807) is 6.26 Å². The van der Waals surface area contributed by atoms with Gasteiger partial charge in [-0.05, 0) is 55.0 Å². The van der Waals surface area contributed by atoms with E-state index in [9.17, 15) is 9.59 Å². The Hall–Kier alpha value is -4.14. The number of carbonyl (C=O) groups excluding carboxylic acids is 1. The lowest BCUT2D eigenvalue weighted by molar-refractivity contribution is 0.0696. The van der Waals surface area contributed by atoms with E-state index < -0.39 is 11.9 Å². The van der Waals surface area contributed by atoms with Crippen LogP contribution in [0.3, 0.4) is 0 Å². The summed E-state index contributed by atoms with van der Waals surface area (Å²) in [7, 11) is 0. The lowest BCUT2D eigenvalue weighted by Crippen LogP contribution is -2.16. The Bertz CT molecular complexity index is 1180. The molecule has 0 aliphatic rings. The Balaban J connectivity index is 1.57. The summed E-state index contributed by atoms with van der Waals surface area (Å²) < 4.78 is 6.77. The van der Waals surface area contributed by atoms with Crippen LogP contribution in [-0.2, 0) is 6.54 Å². The van der Waals surface area contributed by atoms with Crippen LogP contribution < -0.4 is 10.6 Å². The van der Waals surface area contributed by atoms with Crippen molar-refractivity contribution < 1.29 is 19.1 Å². The molecule has 1 aromatic carbocycles. The first kappa shape index (κ1) is 18.2. The molecule has 0 saturated heterocycles. The number of aryl methyl sites for hydroxylation is 1. The molecule has 0 radical (unpaired) electrons. The molecule has 0 aliphatic heterocycles. The lowest BCUT2D eigenvalue weighted by atomic mass is 10.2. The standard InChI is InChI=1S/C20H17N5O4/c1-12-9-17-21-11-16(19(26)23-14-6-4-13(5-7-14)20(27)28)25(17)24-18(12)22-10-15-3-2-8-29-15/h2-9,11H,10H2,1H3,(H,22,24)(H,23,26)(H,27,28). The molecule has 0 fully saturated rings. The van der Waals surface area contributed by atoms with Crippen molar-refractivity contribution >= 4 is 29.0 Å². The number of nitrogens with zero attached hydrogens (tertiary/aromatic N) is 3. The van der Waals surface area contributed by atoms with Crippen molar-refractivity contribution in [2.45, 2.75) is 13.5 Å². The molecule has 1 amide bonds. The molecule has 0 spiro atoms. The number of benzene rings is 1. The highest BCUT2D eigenvalue weighted by Gasteiger charge is 2.16. The van der Waals surface area contributed by atoms with Gasteiger partial charge >= 0.3 is 5.97 Å². The fraction of sp³-hybridized carbons (Fsp3) is 0.100. The molecule has 3 N–H and O–H groups in total. The summed E-state index contributed by atoms with van der Waals surface area (Å²) in [5, 5.41) is 19.4. The summed E-state index contributed by atoms with van der Waals surface area (Å²) in [5.41, 5.74) is 2.28. The van der Waals surface area contributed by atoms with Gasteiger partial charge in [-0.2, -0.15) is 0 Å². The second-order valence-corrected chi connectivity index (χ2v) is 6.36. The van der Waals surface area contributed by atoms with Crippen LogP contribution in [0.25, 0.3) is 5.65 Å². The molecule has 0 aliphatic carbocycles. The van der Waals surface area contributed by atoms with Crippen molar-refractivity contribution in [3.8, 4) is 0 Å². The van der Waals surface area contributed by atoms with Crippen LogP contribution in [0, 0.1) is 6.92 Å². The fourth-order valence-electron chi connectivity index (χ4n) is 2.81. The number of rotatable bonds is 6. The molecule has 4 aromatic rings. The minimum absolute atomic E-state index is 0.141. The molecule has 3 heterocycles. The molecule has 0 atom stereocenters. The third-order valence-electron chi connectivity index (χ3n) is 4.32. The van der Waals surface area contributed by atoms with Crippen LogP contribution >= 0.6 is 0 Å². The summed E-state index contributed by atoms with van der Waals surface area (Å²) in [6, 6.07) is 11.4. The molecule has 4 rings (SSSR count). The van der Waals surface area contributed by atoms with Gasteiger partial charge in [0.15, 0.2) is 11.3 Å². The molecular weight excluding hydrogens is 374 g/mol. The predicted molar refractivity (Wildman–Crippen MR) is 105 cm³/mol. The van der Waals surface area contributed by atoms with Gasteiger partial charge in [0.2, 0.25) is 0 Å². The number of amides is 1. The maximum absolute atomic E-state index is 12.7. The summed E-state index contributed by atoms with van der Waals surface area (Å²) in [4.78, 5) is 27.9. The van der Waals surface area contributed by atoms with E-state index in [1.807, 2.05) is 25.1 Å². The second-order valence-electron chi connectivity index (χ2n) is 6.36. The van der Waals surface area contributed by atoms with Gasteiger partial charge < -0.3 is 20.2 Å². The number of carbonyl (C=O) groups is 2. The van der Waals surface area contributed by atoms with E-state index >= 15 is 0 Å². The van der Waals surface area contributed by atoms with Crippen LogP contribution in [0.1, 0.15) is 32.2 Å². The smallest absolute Gasteiger partial charge is 0.335 e. The van der Waals surface area contributed by atoms with Crippen molar-refractivity contribution in [3.63, 3.8) is 0 Å². The van der Waals surface area contributed by atoms with Crippen LogP contribution in [-0.4, -0.2) is 31.6 Å². The van der Waals surface area contributed by atoms with Crippen molar-refractivity contribution in [1.29, 1.82) is 0 Å². The molecule has 3 aromatic heterocycles. The molecule has 9 heteroatoms. The number of hydrogen-bond donors (Lipinski definition) is 3. The average Bonchev–Trinajstić information content (AvgIpc) is 3.36. The number of fused-ring (bicyclic) bond motifs is 1. The molecule has 0 unspecified atom stereocenters. The van der Waals surface area contributed by atoms with Gasteiger partial charge in [-0.25, -0.2) is 14.3 Å². The molecule has 29 heavy (non-hydrogen) atoms. The predicted octanol–water partition coefficient (Wildman–Crippen LogP) is 3.19. The zero-order valence-corrected chi connectivity index (χ0v) is 15.4. The summed E-state index contributed by atoms with van der Waals surface area (Å²) >= 11 is 0. The molecule has 146 valence electrons. The van der Waals surface area contributed by atoms with Crippen LogP contribution in [0.15, 0.2) is 59.3 Å². The van der Waals surface area contributed by atoms with E-state index in [0.29, 0.717) is 23.7 Å². The van der Waals surface area contributed by atoms with Crippen molar-refractivity contribution in [3.05, 3.63) is 77.5 Å². The first-order valence-corrected chi connectivity index (χ1v) is 8.77. The number of nitrogens with one attached hydrogen (secondary N) is 2. The van der Waals surface area contributed by atoms with E-state index in [4.69, 9.17) is 9.52 Å². The van der Waals surface area contributed by atoms with E-state index in [2.05, 4.69) is 20.7 Å². The number of aromatic nitrogens is 3. The Kier molecular flexibility index (Phi) is 4.70. The molecular formula is C20H17N5O4. The number of imidazole rings is 1. The van der Waals surface area contributed by atoms with Crippen LogP contribution in [0.5, 0.6) is 0 Å². The van der Waals surface area contributed by atoms with Gasteiger partial charge in [0, 0.05) is 5.69 Å². The monoisotopic (exact) mass is 391 g/mol. The third kappa shape index (κ3) is 3.79. The van der Waals surface area contributed by atoms with Gasteiger partial charge in [-0.1, -0.05) is 0 Å². The summed E-state index contributed by atoms with van der Waals surface area (Å²) in [6.07, 6.45) is 3.04. The zero-order valence-electron chi connectivity index (χ0n) is 15.4. The Morgan fingerprint density at radius 1 is 1.21 bits per heavy atom. The molecule has 0 bridgehead atoms. The summed E-state index contributed by atoms with van der Waals surface area (Å²) in [5.74, 6) is -0.0702. The second kappa shape index (κ2) is 7.47. The lowest BCUT2D eigenvalue weighted by Gasteiger charge is -2.09. The quantitative estimate of drug-likeness (QED) is 0.461.